The first-order valence-corrected chi connectivity index (χ1v) is 9.67. The summed E-state index contributed by atoms with van der Waals surface area (Å²) in [6.07, 6.45) is -1.17. The largest absolute Gasteiger partial charge is 0.481 e. The molecule has 9 heteroatoms. The van der Waals surface area contributed by atoms with Crippen LogP contribution in [0.1, 0.15) is 24.0 Å². The molecule has 2 aromatic carbocycles. The van der Waals surface area contributed by atoms with Crippen molar-refractivity contribution >= 4 is 23.9 Å². The van der Waals surface area contributed by atoms with Crippen LogP contribution in [0.2, 0.25) is 0 Å². The number of aliphatic carboxylic acids is 1. The Morgan fingerprint density at radius 3 is 2.00 bits per heavy atom. The number of carbonyl (C=O) groups excluding carboxylic acids is 3. The Bertz CT molecular complexity index is 889. The number of alkyl carbamates (subject to hydrolysis) is 1. The molecule has 9 nitrogen and oxygen atoms in total. The second kappa shape index (κ2) is 12.0. The van der Waals surface area contributed by atoms with Gasteiger partial charge in [0.05, 0.1) is 0 Å². The normalized spacial score (nSPS) is 12.3. The maximum absolute atomic E-state index is 12.8. The van der Waals surface area contributed by atoms with Gasteiger partial charge in [0, 0.05) is 12.8 Å². The lowest BCUT2D eigenvalue weighted by atomic mass is 10.0. The van der Waals surface area contributed by atoms with Gasteiger partial charge in [0.25, 0.3) is 0 Å². The fourth-order valence-electron chi connectivity index (χ4n) is 2.79. The third-order valence-electron chi connectivity index (χ3n) is 4.41. The van der Waals surface area contributed by atoms with Crippen molar-refractivity contribution in [3.8, 4) is 0 Å². The average Bonchev–Trinajstić information content (AvgIpc) is 2.75. The number of nitrogens with one attached hydrogen (secondary N) is 2. The van der Waals surface area contributed by atoms with Crippen molar-refractivity contribution in [1.82, 2.24) is 10.6 Å². The lowest BCUT2D eigenvalue weighted by Crippen LogP contribution is -2.53. The summed E-state index contributed by atoms with van der Waals surface area (Å²) in [6, 6.07) is 15.8. The summed E-state index contributed by atoms with van der Waals surface area (Å²) in [5.41, 5.74) is 6.83. The van der Waals surface area contributed by atoms with Gasteiger partial charge in [0.1, 0.15) is 18.7 Å². The predicted molar refractivity (Wildman–Crippen MR) is 112 cm³/mol. The first kappa shape index (κ1) is 23.4. The number of nitrogens with two attached hydrogens (primary N) is 1. The highest BCUT2D eigenvalue weighted by Gasteiger charge is 2.26. The molecule has 3 amide bonds. The van der Waals surface area contributed by atoms with E-state index in [1.165, 1.54) is 0 Å². The lowest BCUT2D eigenvalue weighted by Gasteiger charge is -2.21. The molecule has 2 rings (SSSR count). The zero-order valence-electron chi connectivity index (χ0n) is 16.8. The summed E-state index contributed by atoms with van der Waals surface area (Å²) >= 11 is 0. The molecule has 0 aliphatic rings. The number of primary amides is 1. The number of amides is 3. The lowest BCUT2D eigenvalue weighted by molar-refractivity contribution is -0.137. The van der Waals surface area contributed by atoms with Crippen LogP contribution in [0.25, 0.3) is 0 Å². The minimum Gasteiger partial charge on any atom is -0.481 e. The Kier molecular flexibility index (Phi) is 9.03. The molecule has 0 spiro atoms. The van der Waals surface area contributed by atoms with E-state index in [0.29, 0.717) is 0 Å². The Morgan fingerprint density at radius 2 is 1.45 bits per heavy atom. The molecule has 164 valence electrons. The van der Waals surface area contributed by atoms with Crippen LogP contribution >= 0.6 is 0 Å². The van der Waals surface area contributed by atoms with Crippen LogP contribution in [-0.4, -0.2) is 41.1 Å². The van der Waals surface area contributed by atoms with Gasteiger partial charge in [0.2, 0.25) is 11.8 Å². The highest BCUT2D eigenvalue weighted by atomic mass is 16.5. The quantitative estimate of drug-likeness (QED) is 0.426. The van der Waals surface area contributed by atoms with E-state index in [1.807, 2.05) is 24.3 Å². The molecule has 31 heavy (non-hydrogen) atoms. The smallest absolute Gasteiger partial charge is 0.408 e. The van der Waals surface area contributed by atoms with Gasteiger partial charge in [-0.15, -0.1) is 0 Å². The van der Waals surface area contributed by atoms with Crippen molar-refractivity contribution in [3.05, 3.63) is 71.8 Å². The summed E-state index contributed by atoms with van der Waals surface area (Å²) in [5.74, 6) is -2.65. The average molecular weight is 427 g/mol. The van der Waals surface area contributed by atoms with E-state index in [-0.39, 0.29) is 25.9 Å². The van der Waals surface area contributed by atoms with Gasteiger partial charge in [-0.1, -0.05) is 60.7 Å². The summed E-state index contributed by atoms with van der Waals surface area (Å²) in [5, 5.41) is 13.7. The van der Waals surface area contributed by atoms with Crippen LogP contribution in [0.3, 0.4) is 0 Å². The number of hydrogen-bond donors (Lipinski definition) is 4. The maximum Gasteiger partial charge on any atom is 0.408 e. The summed E-state index contributed by atoms with van der Waals surface area (Å²) in [7, 11) is 0. The first-order chi connectivity index (χ1) is 14.8. The minimum absolute atomic E-state index is 0.0227. The van der Waals surface area contributed by atoms with Crippen molar-refractivity contribution < 1.29 is 29.0 Å². The van der Waals surface area contributed by atoms with Crippen molar-refractivity contribution in [2.75, 3.05) is 0 Å². The molecule has 5 N–H and O–H groups in total. The van der Waals surface area contributed by atoms with Gasteiger partial charge >= 0.3 is 12.1 Å². The number of carboxylic acid groups (broad SMARTS) is 1. The van der Waals surface area contributed by atoms with E-state index >= 15 is 0 Å². The number of carboxylic acids is 1. The number of benzene rings is 2. The van der Waals surface area contributed by atoms with Gasteiger partial charge in [0.15, 0.2) is 0 Å². The van der Waals surface area contributed by atoms with Crippen LogP contribution in [-0.2, 0) is 32.1 Å². The van der Waals surface area contributed by atoms with Crippen molar-refractivity contribution in [1.29, 1.82) is 0 Å². The zero-order chi connectivity index (χ0) is 22.6. The Morgan fingerprint density at radius 1 is 0.871 bits per heavy atom. The third kappa shape index (κ3) is 8.57. The maximum atomic E-state index is 12.8. The number of carbonyl (C=O) groups is 4. The molecular weight excluding hydrogens is 402 g/mol. The van der Waals surface area contributed by atoms with E-state index in [9.17, 15) is 19.2 Å². The fourth-order valence-corrected chi connectivity index (χ4v) is 2.79. The monoisotopic (exact) mass is 427 g/mol. The fraction of sp³-hybridized carbons (Fsp3) is 0.273. The molecule has 2 aromatic rings. The highest BCUT2D eigenvalue weighted by molar-refractivity contribution is 5.91. The molecule has 0 heterocycles. The second-order valence-electron chi connectivity index (χ2n) is 6.84. The van der Waals surface area contributed by atoms with Gasteiger partial charge < -0.3 is 26.2 Å². The van der Waals surface area contributed by atoms with E-state index in [2.05, 4.69) is 10.6 Å². The molecule has 0 fully saturated rings. The van der Waals surface area contributed by atoms with Gasteiger partial charge in [-0.05, 0) is 17.5 Å². The van der Waals surface area contributed by atoms with Gasteiger partial charge in [-0.2, -0.15) is 0 Å². The molecule has 0 unspecified atom stereocenters. The molecule has 0 aliphatic heterocycles. The molecule has 0 aliphatic carbocycles. The molecule has 2 atom stereocenters. The Hall–Kier alpha value is -3.88. The summed E-state index contributed by atoms with van der Waals surface area (Å²) in [6.45, 7) is 0.0227. The molecule has 0 bridgehead atoms. The van der Waals surface area contributed by atoms with Crippen LogP contribution in [0, 0.1) is 0 Å². The standard InChI is InChI=1S/C22H25N3O6/c23-20(28)17(11-12-19(26)27)24-21(29)18(13-15-7-3-1-4-8-15)25-22(30)31-14-16-9-5-2-6-10-16/h1-10,17-18H,11-14H2,(H2,23,28)(H,24,29)(H,25,30)(H,26,27)/t17-,18-/m1/s1. The van der Waals surface area contributed by atoms with Crippen LogP contribution in [0.15, 0.2) is 60.7 Å². The van der Waals surface area contributed by atoms with E-state index in [4.69, 9.17) is 15.6 Å². The first-order valence-electron chi connectivity index (χ1n) is 9.67. The van der Waals surface area contributed by atoms with Crippen molar-refractivity contribution in [2.45, 2.75) is 38.0 Å². The van der Waals surface area contributed by atoms with Crippen LogP contribution < -0.4 is 16.4 Å². The van der Waals surface area contributed by atoms with E-state index in [0.717, 1.165) is 11.1 Å². The number of hydrogen-bond acceptors (Lipinski definition) is 5. The third-order valence-corrected chi connectivity index (χ3v) is 4.41. The topological polar surface area (TPSA) is 148 Å². The summed E-state index contributed by atoms with van der Waals surface area (Å²) < 4.78 is 5.18. The number of rotatable bonds is 11. The summed E-state index contributed by atoms with van der Waals surface area (Å²) in [4.78, 5) is 47.4. The van der Waals surface area contributed by atoms with E-state index < -0.39 is 36.0 Å². The van der Waals surface area contributed by atoms with Crippen LogP contribution in [0.5, 0.6) is 0 Å². The van der Waals surface area contributed by atoms with Crippen molar-refractivity contribution in [2.24, 2.45) is 5.73 Å². The predicted octanol–water partition coefficient (Wildman–Crippen LogP) is 1.36. The molecule has 0 radical (unpaired) electrons. The second-order valence-corrected chi connectivity index (χ2v) is 6.84. The van der Waals surface area contributed by atoms with E-state index in [1.54, 1.807) is 36.4 Å². The Balaban J connectivity index is 2.05. The van der Waals surface area contributed by atoms with Gasteiger partial charge in [-0.3, -0.25) is 14.4 Å². The van der Waals surface area contributed by atoms with Crippen LogP contribution in [0.4, 0.5) is 4.79 Å². The highest BCUT2D eigenvalue weighted by Crippen LogP contribution is 2.07. The Labute approximate surface area is 179 Å². The van der Waals surface area contributed by atoms with Crippen molar-refractivity contribution in [3.63, 3.8) is 0 Å². The number of ether oxygens (including phenoxy) is 1. The molecular formula is C22H25N3O6. The van der Waals surface area contributed by atoms with Gasteiger partial charge in [-0.25, -0.2) is 4.79 Å². The molecule has 0 saturated heterocycles. The minimum atomic E-state index is -1.18. The molecule has 0 saturated carbocycles. The molecule has 0 aromatic heterocycles. The SMILES string of the molecule is NC(=O)[C@@H](CCC(=O)O)NC(=O)[C@@H](Cc1ccccc1)NC(=O)OCc1ccccc1. The zero-order valence-corrected chi connectivity index (χ0v) is 16.8.